The molecule has 1 amide bonds. The Morgan fingerprint density at radius 3 is 2.90 bits per heavy atom. The van der Waals surface area contributed by atoms with Crippen LogP contribution in [0.1, 0.15) is 34.5 Å². The van der Waals surface area contributed by atoms with Crippen LogP contribution in [0, 0.1) is 0 Å². The molecule has 0 fully saturated rings. The zero-order valence-electron chi connectivity index (χ0n) is 17.1. The number of methoxy groups -OCH3 is 1. The molecule has 5 nitrogen and oxygen atoms in total. The summed E-state index contributed by atoms with van der Waals surface area (Å²) in [7, 11) is 1.66. The number of amides is 1. The van der Waals surface area contributed by atoms with Gasteiger partial charge in [-0.2, -0.15) is 5.10 Å². The molecule has 0 N–H and O–H groups in total. The highest BCUT2D eigenvalue weighted by Gasteiger charge is 2.32. The molecular weight excluding hydrogens is 418 g/mol. The third-order valence-electron chi connectivity index (χ3n) is 5.47. The van der Waals surface area contributed by atoms with E-state index in [2.05, 4.69) is 30.7 Å². The van der Waals surface area contributed by atoms with Gasteiger partial charge in [0.1, 0.15) is 6.73 Å². The highest BCUT2D eigenvalue weighted by Crippen LogP contribution is 2.43. The second-order valence-electron chi connectivity index (χ2n) is 7.29. The van der Waals surface area contributed by atoms with Crippen molar-refractivity contribution in [2.45, 2.75) is 32.5 Å². The molecule has 3 heterocycles. The zero-order chi connectivity index (χ0) is 21.3. The lowest BCUT2D eigenvalue weighted by atomic mass is 9.84. The molecule has 0 saturated heterocycles. The Morgan fingerprint density at radius 2 is 2.17 bits per heavy atom. The number of carbonyl (C=O) groups is 1. The topological polar surface area (TPSA) is 47.4 Å². The monoisotopic (exact) mass is 441 g/mol. The van der Waals surface area contributed by atoms with Crippen LogP contribution in [0.5, 0.6) is 0 Å². The van der Waals surface area contributed by atoms with Crippen LogP contribution >= 0.6 is 22.9 Å². The minimum Gasteiger partial charge on any atom is -0.362 e. The summed E-state index contributed by atoms with van der Waals surface area (Å²) >= 11 is 7.92. The van der Waals surface area contributed by atoms with Crippen molar-refractivity contribution in [3.63, 3.8) is 0 Å². The molecule has 1 aliphatic heterocycles. The Bertz CT molecular complexity index is 1090. The molecule has 4 rings (SSSR count). The number of ether oxygens (including phenoxy) is 1. The normalized spacial score (nSPS) is 15.8. The minimum atomic E-state index is -0.0604. The third-order valence-corrected chi connectivity index (χ3v) is 6.74. The second kappa shape index (κ2) is 8.76. The first kappa shape index (κ1) is 20.8. The highest BCUT2D eigenvalue weighted by atomic mass is 35.5. The summed E-state index contributed by atoms with van der Waals surface area (Å²) in [5.74, 6) is -0.0251. The highest BCUT2D eigenvalue weighted by molar-refractivity contribution is 7.16. The van der Waals surface area contributed by atoms with Gasteiger partial charge in [0.25, 0.3) is 0 Å². The summed E-state index contributed by atoms with van der Waals surface area (Å²) in [5, 5.41) is 4.68. The SMILES string of the molecule is C=CC(=O)N1Cc2sc(Cl)cc2[C@@H](c2ccccc2-c2cn(COC)nc2CC)C1. The molecule has 0 spiro atoms. The number of nitrogens with zero attached hydrogens (tertiary/aromatic N) is 3. The number of benzene rings is 1. The molecule has 1 aromatic carbocycles. The number of aryl methyl sites for hydroxylation is 1. The second-order valence-corrected chi connectivity index (χ2v) is 9.06. The maximum atomic E-state index is 12.4. The predicted molar refractivity (Wildman–Crippen MR) is 121 cm³/mol. The third kappa shape index (κ3) is 3.83. The number of thiophene rings is 1. The molecular formula is C23H24ClN3O2S. The van der Waals surface area contributed by atoms with E-state index in [0.29, 0.717) is 19.8 Å². The summed E-state index contributed by atoms with van der Waals surface area (Å²) in [6, 6.07) is 10.4. The molecule has 0 aliphatic carbocycles. The number of carbonyl (C=O) groups excluding carboxylic acids is 1. The molecule has 0 saturated carbocycles. The van der Waals surface area contributed by atoms with E-state index in [4.69, 9.17) is 16.3 Å². The Balaban J connectivity index is 1.84. The lowest BCUT2D eigenvalue weighted by Gasteiger charge is -2.33. The van der Waals surface area contributed by atoms with Crippen molar-refractivity contribution in [1.82, 2.24) is 14.7 Å². The quantitative estimate of drug-likeness (QED) is 0.500. The van der Waals surface area contributed by atoms with Gasteiger partial charge in [0, 0.05) is 36.2 Å². The van der Waals surface area contributed by atoms with Crippen molar-refractivity contribution in [2.24, 2.45) is 0 Å². The van der Waals surface area contributed by atoms with E-state index in [9.17, 15) is 4.79 Å². The van der Waals surface area contributed by atoms with Gasteiger partial charge < -0.3 is 9.64 Å². The van der Waals surface area contributed by atoms with Gasteiger partial charge in [-0.1, -0.05) is 49.4 Å². The molecule has 1 aliphatic rings. The van der Waals surface area contributed by atoms with Gasteiger partial charge in [-0.15, -0.1) is 11.3 Å². The Hall–Kier alpha value is -2.41. The van der Waals surface area contributed by atoms with Crippen LogP contribution in [0.2, 0.25) is 4.34 Å². The van der Waals surface area contributed by atoms with Crippen molar-refractivity contribution >= 4 is 28.8 Å². The lowest BCUT2D eigenvalue weighted by Crippen LogP contribution is -2.37. The molecule has 7 heteroatoms. The van der Waals surface area contributed by atoms with Gasteiger partial charge in [-0.25, -0.2) is 4.68 Å². The van der Waals surface area contributed by atoms with E-state index in [1.807, 2.05) is 34.0 Å². The molecule has 2 aromatic heterocycles. The summed E-state index contributed by atoms with van der Waals surface area (Å²) in [4.78, 5) is 15.4. The Kier molecular flexibility index (Phi) is 6.09. The number of fused-ring (bicyclic) bond motifs is 1. The summed E-state index contributed by atoms with van der Waals surface area (Å²) in [6.45, 7) is 7.34. The van der Waals surface area contributed by atoms with Gasteiger partial charge in [-0.3, -0.25) is 4.79 Å². The van der Waals surface area contributed by atoms with Crippen molar-refractivity contribution in [1.29, 1.82) is 0 Å². The average molecular weight is 442 g/mol. The van der Waals surface area contributed by atoms with Crippen LogP contribution < -0.4 is 0 Å². The van der Waals surface area contributed by atoms with E-state index in [1.54, 1.807) is 18.4 Å². The average Bonchev–Trinajstić information content (AvgIpc) is 3.34. The van der Waals surface area contributed by atoms with Crippen LogP contribution in [-0.4, -0.2) is 34.2 Å². The zero-order valence-corrected chi connectivity index (χ0v) is 18.7. The summed E-state index contributed by atoms with van der Waals surface area (Å²) in [5.41, 5.74) is 5.62. The first-order chi connectivity index (χ1) is 14.5. The van der Waals surface area contributed by atoms with E-state index in [1.165, 1.54) is 17.2 Å². The van der Waals surface area contributed by atoms with Crippen molar-refractivity contribution in [3.8, 4) is 11.1 Å². The first-order valence-electron chi connectivity index (χ1n) is 9.89. The maximum Gasteiger partial charge on any atom is 0.246 e. The molecule has 156 valence electrons. The van der Waals surface area contributed by atoms with Crippen molar-refractivity contribution in [2.75, 3.05) is 13.7 Å². The minimum absolute atomic E-state index is 0.0353. The maximum absolute atomic E-state index is 12.4. The van der Waals surface area contributed by atoms with Crippen LogP contribution in [-0.2, 0) is 29.2 Å². The first-order valence-corrected chi connectivity index (χ1v) is 11.1. The standard InChI is InChI=1S/C23H24ClN3O2S/c1-4-20-19(12-27(25-20)14-29-3)16-9-7-6-8-15(16)18-11-26(23(28)5-2)13-21-17(18)10-22(24)30-21/h5-10,12,18H,2,4,11,13-14H2,1,3H3/t18-/m1/s1. The van der Waals surface area contributed by atoms with Crippen molar-refractivity contribution in [3.05, 3.63) is 75.2 Å². The number of rotatable bonds is 6. The summed E-state index contributed by atoms with van der Waals surface area (Å²) in [6.07, 6.45) is 4.24. The molecule has 0 bridgehead atoms. The van der Waals surface area contributed by atoms with Crippen LogP contribution in [0.4, 0.5) is 0 Å². The fourth-order valence-electron chi connectivity index (χ4n) is 4.14. The van der Waals surface area contributed by atoms with Gasteiger partial charge in [-0.05, 0) is 35.3 Å². The van der Waals surface area contributed by atoms with E-state index in [-0.39, 0.29) is 11.8 Å². The fraction of sp³-hybridized carbons (Fsp3) is 0.304. The van der Waals surface area contributed by atoms with Gasteiger partial charge >= 0.3 is 0 Å². The molecule has 0 unspecified atom stereocenters. The van der Waals surface area contributed by atoms with E-state index >= 15 is 0 Å². The largest absolute Gasteiger partial charge is 0.362 e. The lowest BCUT2D eigenvalue weighted by molar-refractivity contribution is -0.127. The Labute approximate surface area is 185 Å². The number of halogens is 1. The van der Waals surface area contributed by atoms with Gasteiger partial charge in [0.05, 0.1) is 16.6 Å². The number of aromatic nitrogens is 2. The van der Waals surface area contributed by atoms with E-state index < -0.39 is 0 Å². The molecule has 1 atom stereocenters. The van der Waals surface area contributed by atoms with Crippen LogP contribution in [0.25, 0.3) is 11.1 Å². The van der Waals surface area contributed by atoms with Crippen LogP contribution in [0.3, 0.4) is 0 Å². The van der Waals surface area contributed by atoms with Gasteiger partial charge in [0.2, 0.25) is 5.91 Å². The molecule has 0 radical (unpaired) electrons. The summed E-state index contributed by atoms with van der Waals surface area (Å²) < 4.78 is 7.83. The number of hydrogen-bond acceptors (Lipinski definition) is 4. The fourth-order valence-corrected chi connectivity index (χ4v) is 5.50. The predicted octanol–water partition coefficient (Wildman–Crippen LogP) is 5.09. The van der Waals surface area contributed by atoms with Crippen molar-refractivity contribution < 1.29 is 9.53 Å². The smallest absolute Gasteiger partial charge is 0.246 e. The Morgan fingerprint density at radius 1 is 1.37 bits per heavy atom. The molecule has 30 heavy (non-hydrogen) atoms. The van der Waals surface area contributed by atoms with Crippen LogP contribution in [0.15, 0.2) is 49.2 Å². The van der Waals surface area contributed by atoms with E-state index in [0.717, 1.165) is 32.5 Å². The number of hydrogen-bond donors (Lipinski definition) is 0. The van der Waals surface area contributed by atoms with Gasteiger partial charge in [0.15, 0.2) is 0 Å². The molecule has 3 aromatic rings.